The molecule has 0 unspecified atom stereocenters. The summed E-state index contributed by atoms with van der Waals surface area (Å²) < 4.78 is 5.47. The van der Waals surface area contributed by atoms with E-state index in [9.17, 15) is 9.90 Å². The van der Waals surface area contributed by atoms with Gasteiger partial charge in [0.05, 0.1) is 12.1 Å². The standard InChI is InChI=1S/C16H18N2O3/c1-11-5-6-15(19)14(9-11)16(20)18-7-8-21-13-4-2-3-12(17)10-13/h2-6,9-10,19H,7-8,17H2,1H3,(H,18,20). The molecule has 0 aliphatic rings. The second-order valence-corrected chi connectivity index (χ2v) is 4.70. The minimum atomic E-state index is -0.327. The van der Waals surface area contributed by atoms with E-state index in [4.69, 9.17) is 10.5 Å². The number of hydrogen-bond acceptors (Lipinski definition) is 4. The summed E-state index contributed by atoms with van der Waals surface area (Å²) >= 11 is 0. The van der Waals surface area contributed by atoms with Crippen LogP contribution in [-0.2, 0) is 0 Å². The van der Waals surface area contributed by atoms with E-state index in [1.807, 2.05) is 6.92 Å². The van der Waals surface area contributed by atoms with Crippen molar-refractivity contribution in [2.75, 3.05) is 18.9 Å². The Hall–Kier alpha value is -2.69. The molecule has 0 spiro atoms. The van der Waals surface area contributed by atoms with Crippen molar-refractivity contribution in [3.63, 3.8) is 0 Å². The third-order valence-corrected chi connectivity index (χ3v) is 2.91. The molecule has 0 fully saturated rings. The van der Waals surface area contributed by atoms with Crippen molar-refractivity contribution in [1.29, 1.82) is 0 Å². The molecule has 5 nitrogen and oxygen atoms in total. The first-order valence-electron chi connectivity index (χ1n) is 6.62. The molecule has 21 heavy (non-hydrogen) atoms. The van der Waals surface area contributed by atoms with E-state index in [0.717, 1.165) is 5.56 Å². The van der Waals surface area contributed by atoms with Gasteiger partial charge in [0, 0.05) is 11.8 Å². The summed E-state index contributed by atoms with van der Waals surface area (Å²) in [5, 5.41) is 12.4. The topological polar surface area (TPSA) is 84.6 Å². The van der Waals surface area contributed by atoms with Crippen LogP contribution in [0.1, 0.15) is 15.9 Å². The van der Waals surface area contributed by atoms with E-state index in [-0.39, 0.29) is 17.2 Å². The van der Waals surface area contributed by atoms with Crippen LogP contribution in [-0.4, -0.2) is 24.2 Å². The largest absolute Gasteiger partial charge is 0.507 e. The van der Waals surface area contributed by atoms with E-state index in [0.29, 0.717) is 24.6 Å². The molecular weight excluding hydrogens is 268 g/mol. The van der Waals surface area contributed by atoms with Gasteiger partial charge in [0.15, 0.2) is 0 Å². The quantitative estimate of drug-likeness (QED) is 0.580. The summed E-state index contributed by atoms with van der Waals surface area (Å²) in [5.41, 5.74) is 7.44. The van der Waals surface area contributed by atoms with E-state index in [2.05, 4.69) is 5.32 Å². The van der Waals surface area contributed by atoms with Crippen LogP contribution in [0.5, 0.6) is 11.5 Å². The highest BCUT2D eigenvalue weighted by Crippen LogP contribution is 2.18. The summed E-state index contributed by atoms with van der Waals surface area (Å²) in [7, 11) is 0. The number of benzene rings is 2. The predicted molar refractivity (Wildman–Crippen MR) is 81.5 cm³/mol. The summed E-state index contributed by atoms with van der Waals surface area (Å²) in [4.78, 5) is 11.9. The van der Waals surface area contributed by atoms with Crippen molar-refractivity contribution < 1.29 is 14.6 Å². The number of phenolic OH excluding ortho intramolecular Hbond substituents is 1. The normalized spacial score (nSPS) is 10.1. The van der Waals surface area contributed by atoms with Gasteiger partial charge in [0.2, 0.25) is 0 Å². The van der Waals surface area contributed by atoms with Gasteiger partial charge in [0.25, 0.3) is 5.91 Å². The molecule has 4 N–H and O–H groups in total. The van der Waals surface area contributed by atoms with Gasteiger partial charge >= 0.3 is 0 Å². The molecule has 0 aromatic heterocycles. The third kappa shape index (κ3) is 4.14. The van der Waals surface area contributed by atoms with Gasteiger partial charge in [0.1, 0.15) is 18.1 Å². The van der Waals surface area contributed by atoms with Crippen molar-refractivity contribution in [2.24, 2.45) is 0 Å². The Balaban J connectivity index is 1.83. The molecule has 0 aliphatic heterocycles. The van der Waals surface area contributed by atoms with Gasteiger partial charge in [-0.15, -0.1) is 0 Å². The van der Waals surface area contributed by atoms with Crippen molar-refractivity contribution in [3.05, 3.63) is 53.6 Å². The monoisotopic (exact) mass is 286 g/mol. The Kier molecular flexibility index (Phi) is 4.66. The zero-order valence-electron chi connectivity index (χ0n) is 11.8. The Bertz CT molecular complexity index is 641. The highest BCUT2D eigenvalue weighted by molar-refractivity contribution is 5.96. The number of aryl methyl sites for hydroxylation is 1. The second-order valence-electron chi connectivity index (χ2n) is 4.70. The van der Waals surface area contributed by atoms with E-state index < -0.39 is 0 Å². The van der Waals surface area contributed by atoms with E-state index >= 15 is 0 Å². The smallest absolute Gasteiger partial charge is 0.255 e. The van der Waals surface area contributed by atoms with Crippen LogP contribution >= 0.6 is 0 Å². The van der Waals surface area contributed by atoms with Crippen molar-refractivity contribution >= 4 is 11.6 Å². The van der Waals surface area contributed by atoms with Gasteiger partial charge in [-0.05, 0) is 31.2 Å². The number of carbonyl (C=O) groups excluding carboxylic acids is 1. The average molecular weight is 286 g/mol. The molecule has 0 aliphatic carbocycles. The fourth-order valence-electron chi connectivity index (χ4n) is 1.86. The lowest BCUT2D eigenvalue weighted by molar-refractivity contribution is 0.0944. The zero-order valence-corrected chi connectivity index (χ0v) is 11.8. The van der Waals surface area contributed by atoms with Crippen LogP contribution in [0.25, 0.3) is 0 Å². The van der Waals surface area contributed by atoms with Crippen molar-refractivity contribution in [3.8, 4) is 11.5 Å². The van der Waals surface area contributed by atoms with Gasteiger partial charge in [-0.2, -0.15) is 0 Å². The Labute approximate surface area is 123 Å². The molecule has 0 saturated carbocycles. The maximum Gasteiger partial charge on any atom is 0.255 e. The van der Waals surface area contributed by atoms with Crippen LogP contribution in [0.2, 0.25) is 0 Å². The highest BCUT2D eigenvalue weighted by Gasteiger charge is 2.10. The molecular formula is C16H18N2O3. The number of nitrogens with two attached hydrogens (primary N) is 1. The first-order chi connectivity index (χ1) is 10.1. The molecule has 5 heteroatoms. The molecule has 0 saturated heterocycles. The molecule has 1 amide bonds. The summed E-state index contributed by atoms with van der Waals surface area (Å²) in [6, 6.07) is 12.0. The van der Waals surface area contributed by atoms with Crippen LogP contribution in [0.3, 0.4) is 0 Å². The van der Waals surface area contributed by atoms with Crippen LogP contribution in [0.4, 0.5) is 5.69 Å². The predicted octanol–water partition coefficient (Wildman–Crippen LogP) is 2.09. The van der Waals surface area contributed by atoms with Crippen LogP contribution in [0, 0.1) is 6.92 Å². The van der Waals surface area contributed by atoms with Gasteiger partial charge in [-0.25, -0.2) is 0 Å². The summed E-state index contributed by atoms with van der Waals surface area (Å²) in [6.07, 6.45) is 0. The Morgan fingerprint density at radius 2 is 2.10 bits per heavy atom. The van der Waals surface area contributed by atoms with Gasteiger partial charge in [-0.3, -0.25) is 4.79 Å². The lowest BCUT2D eigenvalue weighted by Gasteiger charge is -2.09. The SMILES string of the molecule is Cc1ccc(O)c(C(=O)NCCOc2cccc(N)c2)c1. The maximum atomic E-state index is 11.9. The minimum Gasteiger partial charge on any atom is -0.507 e. The lowest BCUT2D eigenvalue weighted by atomic mass is 10.1. The number of aromatic hydroxyl groups is 1. The molecule has 2 rings (SSSR count). The zero-order chi connectivity index (χ0) is 15.2. The number of ether oxygens (including phenoxy) is 1. The molecule has 0 heterocycles. The number of anilines is 1. The number of rotatable bonds is 5. The molecule has 0 radical (unpaired) electrons. The first-order valence-corrected chi connectivity index (χ1v) is 6.62. The molecule has 2 aromatic rings. The fourth-order valence-corrected chi connectivity index (χ4v) is 1.86. The summed E-state index contributed by atoms with van der Waals surface area (Å²) in [5.74, 6) is 0.296. The van der Waals surface area contributed by atoms with E-state index in [1.54, 1.807) is 36.4 Å². The van der Waals surface area contributed by atoms with Crippen LogP contribution in [0.15, 0.2) is 42.5 Å². The number of phenols is 1. The average Bonchev–Trinajstić information content (AvgIpc) is 2.46. The van der Waals surface area contributed by atoms with Crippen molar-refractivity contribution in [2.45, 2.75) is 6.92 Å². The first kappa shape index (κ1) is 14.7. The van der Waals surface area contributed by atoms with Crippen molar-refractivity contribution in [1.82, 2.24) is 5.32 Å². The third-order valence-electron chi connectivity index (χ3n) is 2.91. The van der Waals surface area contributed by atoms with Crippen LogP contribution < -0.4 is 15.8 Å². The second kappa shape index (κ2) is 6.65. The van der Waals surface area contributed by atoms with E-state index in [1.165, 1.54) is 6.07 Å². The fraction of sp³-hybridized carbons (Fsp3) is 0.188. The molecule has 0 atom stereocenters. The molecule has 110 valence electrons. The highest BCUT2D eigenvalue weighted by atomic mass is 16.5. The number of nitrogen functional groups attached to an aromatic ring is 1. The molecule has 0 bridgehead atoms. The summed E-state index contributed by atoms with van der Waals surface area (Å²) in [6.45, 7) is 2.52. The minimum absolute atomic E-state index is 0.0325. The molecule has 2 aromatic carbocycles. The Morgan fingerprint density at radius 1 is 1.29 bits per heavy atom. The number of carbonyl (C=O) groups is 1. The van der Waals surface area contributed by atoms with Gasteiger partial charge < -0.3 is 20.9 Å². The number of hydrogen-bond donors (Lipinski definition) is 3. The number of amides is 1. The number of nitrogens with one attached hydrogen (secondary N) is 1. The van der Waals surface area contributed by atoms with Gasteiger partial charge in [-0.1, -0.05) is 17.7 Å². The lowest BCUT2D eigenvalue weighted by Crippen LogP contribution is -2.28. The Morgan fingerprint density at radius 3 is 2.86 bits per heavy atom. The maximum absolute atomic E-state index is 11.9.